The predicted molar refractivity (Wildman–Crippen MR) is 86.3 cm³/mol. The van der Waals surface area contributed by atoms with E-state index in [1.165, 1.54) is 13.2 Å². The number of carbonyl (C=O) groups excluding carboxylic acids is 1. The third-order valence-corrected chi connectivity index (χ3v) is 4.21. The second-order valence-electron chi connectivity index (χ2n) is 5.80. The number of aryl methyl sites for hydroxylation is 2. The Kier molecular flexibility index (Phi) is 3.41. The number of ether oxygens (including phenoxy) is 1. The van der Waals surface area contributed by atoms with Crippen LogP contribution in [-0.4, -0.2) is 37.6 Å². The molecule has 0 saturated carbocycles. The molecule has 2 heterocycles. The van der Waals surface area contributed by atoms with Crippen molar-refractivity contribution in [1.82, 2.24) is 19.6 Å². The van der Waals surface area contributed by atoms with Crippen molar-refractivity contribution >= 4 is 17.6 Å². The van der Waals surface area contributed by atoms with Crippen molar-refractivity contribution in [2.45, 2.75) is 25.7 Å². The number of nitrogens with zero attached hydrogens (tertiary/aromatic N) is 4. The molecule has 1 N–H and O–H groups in total. The topological polar surface area (TPSA) is 89.6 Å². The second-order valence-corrected chi connectivity index (χ2v) is 5.80. The van der Waals surface area contributed by atoms with Crippen LogP contribution < -0.4 is 0 Å². The van der Waals surface area contributed by atoms with Gasteiger partial charge in [-0.25, -0.2) is 4.98 Å². The summed E-state index contributed by atoms with van der Waals surface area (Å²) in [4.78, 5) is 20.2. The standard InChI is InChI=1S/C17H16N4O3/c1-24-15-9-10(6-7-14(15)22)8-13-16(23)19-17-18-11-4-2-3-5-12(11)20-21(13)17/h6-9,23H,2-5H2,1H3/b10-8+. The average Bonchev–Trinajstić information content (AvgIpc) is 2.89. The van der Waals surface area contributed by atoms with E-state index in [1.807, 2.05) is 0 Å². The van der Waals surface area contributed by atoms with Crippen LogP contribution in [0.15, 0.2) is 29.6 Å². The van der Waals surface area contributed by atoms with E-state index in [4.69, 9.17) is 4.74 Å². The Bertz CT molecular complexity index is 937. The molecule has 0 aliphatic heterocycles. The number of methoxy groups -OCH3 is 1. The van der Waals surface area contributed by atoms with Crippen LogP contribution in [0.5, 0.6) is 5.88 Å². The number of hydrogen-bond acceptors (Lipinski definition) is 6. The largest absolute Gasteiger partial charge is 0.493 e. The van der Waals surface area contributed by atoms with Crippen molar-refractivity contribution in [3.63, 3.8) is 0 Å². The van der Waals surface area contributed by atoms with E-state index in [9.17, 15) is 9.90 Å². The molecule has 2 aliphatic rings. The van der Waals surface area contributed by atoms with Crippen LogP contribution in [0.25, 0.3) is 11.9 Å². The monoisotopic (exact) mass is 324 g/mol. The highest BCUT2D eigenvalue weighted by atomic mass is 16.5. The third-order valence-electron chi connectivity index (χ3n) is 4.21. The molecule has 0 atom stereocenters. The smallest absolute Gasteiger partial charge is 0.254 e. The van der Waals surface area contributed by atoms with E-state index >= 15 is 0 Å². The number of allylic oxidation sites excluding steroid dienone is 4. The first kappa shape index (κ1) is 14.6. The van der Waals surface area contributed by atoms with Crippen LogP contribution in [0.2, 0.25) is 0 Å². The quantitative estimate of drug-likeness (QED) is 0.905. The fraction of sp³-hybridized carbons (Fsp3) is 0.294. The Morgan fingerprint density at radius 1 is 1.21 bits per heavy atom. The average molecular weight is 324 g/mol. The van der Waals surface area contributed by atoms with Gasteiger partial charge in [-0.1, -0.05) is 6.08 Å². The van der Waals surface area contributed by atoms with E-state index < -0.39 is 0 Å². The van der Waals surface area contributed by atoms with Crippen LogP contribution in [-0.2, 0) is 22.4 Å². The van der Waals surface area contributed by atoms with E-state index in [0.717, 1.165) is 37.1 Å². The van der Waals surface area contributed by atoms with Crippen molar-refractivity contribution in [2.24, 2.45) is 0 Å². The highest BCUT2D eigenvalue weighted by Gasteiger charge is 2.19. The zero-order valence-electron chi connectivity index (χ0n) is 13.2. The van der Waals surface area contributed by atoms with Crippen LogP contribution in [0.1, 0.15) is 29.9 Å². The normalized spacial score (nSPS) is 18.8. The van der Waals surface area contributed by atoms with Crippen molar-refractivity contribution < 1.29 is 14.6 Å². The van der Waals surface area contributed by atoms with Crippen LogP contribution in [0, 0.1) is 0 Å². The lowest BCUT2D eigenvalue weighted by Gasteiger charge is -2.13. The fourth-order valence-electron chi connectivity index (χ4n) is 2.97. The summed E-state index contributed by atoms with van der Waals surface area (Å²) in [5.74, 6) is 0.306. The molecule has 7 nitrogen and oxygen atoms in total. The molecule has 24 heavy (non-hydrogen) atoms. The lowest BCUT2D eigenvalue weighted by molar-refractivity contribution is -0.114. The first-order valence-corrected chi connectivity index (χ1v) is 7.83. The maximum Gasteiger partial charge on any atom is 0.254 e. The van der Waals surface area contributed by atoms with Crippen molar-refractivity contribution in [3.8, 4) is 5.88 Å². The molecule has 2 aliphatic carbocycles. The maximum absolute atomic E-state index is 11.6. The van der Waals surface area contributed by atoms with E-state index in [1.54, 1.807) is 22.7 Å². The highest BCUT2D eigenvalue weighted by Crippen LogP contribution is 2.25. The number of rotatable bonds is 2. The summed E-state index contributed by atoms with van der Waals surface area (Å²) < 4.78 is 6.60. The summed E-state index contributed by atoms with van der Waals surface area (Å²) in [7, 11) is 1.45. The van der Waals surface area contributed by atoms with Gasteiger partial charge in [-0.15, -0.1) is 0 Å². The molecule has 0 amide bonds. The van der Waals surface area contributed by atoms with Gasteiger partial charge in [0.05, 0.1) is 18.5 Å². The zero-order chi connectivity index (χ0) is 16.7. The summed E-state index contributed by atoms with van der Waals surface area (Å²) in [6, 6.07) is 0. The van der Waals surface area contributed by atoms with Crippen molar-refractivity contribution in [2.75, 3.05) is 7.11 Å². The number of imidazole rings is 1. The SMILES string of the molecule is COC1=C/C(=C/c2c(O)nc3nc4c(nn23)CCCC4)C=CC1=O. The number of fused-ring (bicyclic) bond motifs is 2. The fourth-order valence-corrected chi connectivity index (χ4v) is 2.97. The van der Waals surface area contributed by atoms with Crippen LogP contribution in [0.3, 0.4) is 0 Å². The summed E-state index contributed by atoms with van der Waals surface area (Å²) in [5, 5.41) is 14.8. The first-order chi connectivity index (χ1) is 11.7. The molecular formula is C17H16N4O3. The Morgan fingerprint density at radius 2 is 2.00 bits per heavy atom. The van der Waals surface area contributed by atoms with Gasteiger partial charge in [0, 0.05) is 0 Å². The molecular weight excluding hydrogens is 308 g/mol. The van der Waals surface area contributed by atoms with Gasteiger partial charge < -0.3 is 9.84 Å². The molecule has 0 unspecified atom stereocenters. The van der Waals surface area contributed by atoms with E-state index in [2.05, 4.69) is 15.1 Å². The van der Waals surface area contributed by atoms with Gasteiger partial charge in [-0.05, 0) is 49.5 Å². The van der Waals surface area contributed by atoms with Crippen molar-refractivity contribution in [1.29, 1.82) is 0 Å². The van der Waals surface area contributed by atoms with Crippen LogP contribution in [0.4, 0.5) is 0 Å². The molecule has 2 aromatic heterocycles. The highest BCUT2D eigenvalue weighted by molar-refractivity contribution is 6.05. The van der Waals surface area contributed by atoms with Gasteiger partial charge in [0.25, 0.3) is 5.78 Å². The number of ketones is 1. The van der Waals surface area contributed by atoms with Gasteiger partial charge >= 0.3 is 0 Å². The molecule has 7 heteroatoms. The molecule has 0 bridgehead atoms. The minimum atomic E-state index is -0.189. The molecule has 4 rings (SSSR count). The number of aromatic nitrogens is 4. The summed E-state index contributed by atoms with van der Waals surface area (Å²) in [6.07, 6.45) is 10.4. The minimum absolute atomic E-state index is 0.137. The Hall–Kier alpha value is -2.96. The van der Waals surface area contributed by atoms with Gasteiger partial charge in [0.1, 0.15) is 5.69 Å². The summed E-state index contributed by atoms with van der Waals surface area (Å²) >= 11 is 0. The van der Waals surface area contributed by atoms with Crippen molar-refractivity contribution in [3.05, 3.63) is 46.6 Å². The van der Waals surface area contributed by atoms with Gasteiger partial charge in [-0.3, -0.25) is 4.79 Å². The Morgan fingerprint density at radius 3 is 2.79 bits per heavy atom. The summed E-state index contributed by atoms with van der Waals surface area (Å²) in [6.45, 7) is 0. The lowest BCUT2D eigenvalue weighted by Crippen LogP contribution is -2.12. The zero-order valence-corrected chi connectivity index (χ0v) is 13.2. The van der Waals surface area contributed by atoms with Crippen LogP contribution >= 0.6 is 0 Å². The molecule has 0 saturated heterocycles. The number of carbonyl (C=O) groups is 1. The second kappa shape index (κ2) is 5.59. The third kappa shape index (κ3) is 2.38. The summed E-state index contributed by atoms with van der Waals surface area (Å²) in [5.41, 5.74) is 3.06. The van der Waals surface area contributed by atoms with Gasteiger partial charge in [0.15, 0.2) is 5.76 Å². The predicted octanol–water partition coefficient (Wildman–Crippen LogP) is 1.76. The number of hydrogen-bond donors (Lipinski definition) is 1. The minimum Gasteiger partial charge on any atom is -0.493 e. The lowest BCUT2D eigenvalue weighted by atomic mass is 10.0. The Balaban J connectivity index is 1.83. The maximum atomic E-state index is 11.6. The molecule has 0 fully saturated rings. The van der Waals surface area contributed by atoms with Gasteiger partial charge in [0.2, 0.25) is 11.7 Å². The van der Waals surface area contributed by atoms with Gasteiger partial charge in [-0.2, -0.15) is 14.6 Å². The Labute approximate surface area is 138 Å². The molecule has 2 aromatic rings. The van der Waals surface area contributed by atoms with E-state index in [0.29, 0.717) is 17.0 Å². The molecule has 0 spiro atoms. The number of aromatic hydroxyl groups is 1. The first-order valence-electron chi connectivity index (χ1n) is 7.83. The molecule has 0 aromatic carbocycles. The molecule has 0 radical (unpaired) electrons. The molecule has 122 valence electrons. The van der Waals surface area contributed by atoms with E-state index in [-0.39, 0.29) is 17.4 Å².